The zero-order valence-corrected chi connectivity index (χ0v) is 13.3. The molecule has 1 fully saturated rings. The number of carbonyl (C=O) groups excluding carboxylic acids is 1. The third kappa shape index (κ3) is 5.81. The minimum absolute atomic E-state index is 0.306. The highest BCUT2D eigenvalue weighted by molar-refractivity contribution is 5.67. The molecule has 1 saturated carbocycles. The quantitative estimate of drug-likeness (QED) is 0.780. The number of hydrogen-bond acceptors (Lipinski definition) is 3. The summed E-state index contributed by atoms with van der Waals surface area (Å²) in [5.74, 6) is 0. The molecular formula is C15H30N2O2. The van der Waals surface area contributed by atoms with Gasteiger partial charge in [-0.05, 0) is 52.4 Å². The van der Waals surface area contributed by atoms with Crippen molar-refractivity contribution < 1.29 is 9.53 Å². The van der Waals surface area contributed by atoms with Crippen molar-refractivity contribution in [3.8, 4) is 0 Å². The first-order valence-corrected chi connectivity index (χ1v) is 7.39. The SMILES string of the molecule is CCC(CNC(=O)OC(C)(C)C)NC(C)C1(C)CC1. The van der Waals surface area contributed by atoms with Gasteiger partial charge in [-0.1, -0.05) is 13.8 Å². The Balaban J connectivity index is 2.30. The summed E-state index contributed by atoms with van der Waals surface area (Å²) in [5, 5.41) is 6.46. The van der Waals surface area contributed by atoms with E-state index in [1.165, 1.54) is 12.8 Å². The number of ether oxygens (including phenoxy) is 1. The van der Waals surface area contributed by atoms with Crippen molar-refractivity contribution in [2.45, 2.75) is 78.5 Å². The van der Waals surface area contributed by atoms with E-state index in [1.54, 1.807) is 0 Å². The minimum atomic E-state index is -0.437. The van der Waals surface area contributed by atoms with Gasteiger partial charge in [0.15, 0.2) is 0 Å². The van der Waals surface area contributed by atoms with Crippen LogP contribution >= 0.6 is 0 Å². The maximum absolute atomic E-state index is 11.6. The Morgan fingerprint density at radius 2 is 1.95 bits per heavy atom. The zero-order chi connectivity index (χ0) is 14.7. The maximum atomic E-state index is 11.6. The molecular weight excluding hydrogens is 240 g/mol. The standard InChI is InChI=1S/C15H30N2O2/c1-7-12(17-11(2)15(6)8-9-15)10-16-13(18)19-14(3,4)5/h11-12,17H,7-10H2,1-6H3,(H,16,18). The molecule has 112 valence electrons. The predicted octanol–water partition coefficient (Wildman–Crippen LogP) is 3.07. The lowest BCUT2D eigenvalue weighted by Crippen LogP contribution is -2.47. The molecule has 2 atom stereocenters. The van der Waals surface area contributed by atoms with Crippen LogP contribution in [-0.2, 0) is 4.74 Å². The molecule has 1 rings (SSSR count). The normalized spacial score (nSPS) is 20.5. The summed E-state index contributed by atoms with van der Waals surface area (Å²) in [7, 11) is 0. The Bertz CT molecular complexity index is 306. The molecule has 0 radical (unpaired) electrons. The van der Waals surface area contributed by atoms with E-state index >= 15 is 0 Å². The molecule has 2 N–H and O–H groups in total. The van der Waals surface area contributed by atoms with E-state index in [0.717, 1.165) is 6.42 Å². The first-order valence-electron chi connectivity index (χ1n) is 7.39. The lowest BCUT2D eigenvalue weighted by molar-refractivity contribution is 0.0521. The molecule has 1 aliphatic carbocycles. The van der Waals surface area contributed by atoms with E-state index in [4.69, 9.17) is 4.74 Å². The number of carbonyl (C=O) groups is 1. The monoisotopic (exact) mass is 270 g/mol. The average molecular weight is 270 g/mol. The van der Waals surface area contributed by atoms with Crippen LogP contribution in [0.5, 0.6) is 0 Å². The topological polar surface area (TPSA) is 50.4 Å². The number of hydrogen-bond donors (Lipinski definition) is 2. The maximum Gasteiger partial charge on any atom is 0.407 e. The van der Waals surface area contributed by atoms with Crippen LogP contribution in [0.15, 0.2) is 0 Å². The molecule has 0 spiro atoms. The first-order chi connectivity index (χ1) is 8.66. The molecule has 2 unspecified atom stereocenters. The van der Waals surface area contributed by atoms with Gasteiger partial charge >= 0.3 is 6.09 Å². The van der Waals surface area contributed by atoms with Crippen LogP contribution in [0, 0.1) is 5.41 Å². The fourth-order valence-electron chi connectivity index (χ4n) is 2.03. The van der Waals surface area contributed by atoms with Crippen molar-refractivity contribution in [3.05, 3.63) is 0 Å². The second kappa shape index (κ2) is 6.12. The second-order valence-corrected chi connectivity index (χ2v) is 7.03. The van der Waals surface area contributed by atoms with Crippen molar-refractivity contribution >= 4 is 6.09 Å². The second-order valence-electron chi connectivity index (χ2n) is 7.03. The van der Waals surface area contributed by atoms with Gasteiger partial charge in [0, 0.05) is 18.6 Å². The van der Waals surface area contributed by atoms with Crippen LogP contribution in [0.2, 0.25) is 0 Å². The van der Waals surface area contributed by atoms with Gasteiger partial charge in [-0.3, -0.25) is 0 Å². The Morgan fingerprint density at radius 3 is 2.37 bits per heavy atom. The van der Waals surface area contributed by atoms with Crippen molar-refractivity contribution in [1.29, 1.82) is 0 Å². The van der Waals surface area contributed by atoms with E-state index in [0.29, 0.717) is 24.0 Å². The smallest absolute Gasteiger partial charge is 0.407 e. The number of amides is 1. The lowest BCUT2D eigenvalue weighted by atomic mass is 9.99. The molecule has 0 aromatic rings. The van der Waals surface area contributed by atoms with Crippen LogP contribution in [0.1, 0.15) is 60.8 Å². The van der Waals surface area contributed by atoms with Crippen molar-refractivity contribution in [3.63, 3.8) is 0 Å². The largest absolute Gasteiger partial charge is 0.444 e. The number of nitrogens with one attached hydrogen (secondary N) is 2. The fourth-order valence-corrected chi connectivity index (χ4v) is 2.03. The minimum Gasteiger partial charge on any atom is -0.444 e. The third-order valence-electron chi connectivity index (χ3n) is 3.95. The molecule has 0 aromatic heterocycles. The molecule has 0 aliphatic heterocycles. The molecule has 0 heterocycles. The van der Waals surface area contributed by atoms with Gasteiger partial charge in [-0.2, -0.15) is 0 Å². The average Bonchev–Trinajstić information content (AvgIpc) is 3.01. The van der Waals surface area contributed by atoms with Gasteiger partial charge in [0.25, 0.3) is 0 Å². The Kier molecular flexibility index (Phi) is 5.25. The van der Waals surface area contributed by atoms with Crippen LogP contribution in [0.25, 0.3) is 0 Å². The van der Waals surface area contributed by atoms with E-state index in [9.17, 15) is 4.79 Å². The summed E-state index contributed by atoms with van der Waals surface area (Å²) in [5.41, 5.74) is 0.0212. The number of rotatable bonds is 6. The first kappa shape index (κ1) is 16.3. The number of alkyl carbamates (subject to hydrolysis) is 1. The van der Waals surface area contributed by atoms with Crippen LogP contribution < -0.4 is 10.6 Å². The van der Waals surface area contributed by atoms with Crippen LogP contribution in [-0.4, -0.2) is 30.3 Å². The van der Waals surface area contributed by atoms with Gasteiger partial charge in [0.2, 0.25) is 0 Å². The zero-order valence-electron chi connectivity index (χ0n) is 13.3. The molecule has 19 heavy (non-hydrogen) atoms. The lowest BCUT2D eigenvalue weighted by Gasteiger charge is -2.27. The van der Waals surface area contributed by atoms with E-state index < -0.39 is 5.60 Å². The highest BCUT2D eigenvalue weighted by atomic mass is 16.6. The van der Waals surface area contributed by atoms with Crippen LogP contribution in [0.4, 0.5) is 4.79 Å². The molecule has 4 heteroatoms. The van der Waals surface area contributed by atoms with Crippen molar-refractivity contribution in [1.82, 2.24) is 10.6 Å². The van der Waals surface area contributed by atoms with Crippen molar-refractivity contribution in [2.24, 2.45) is 5.41 Å². The van der Waals surface area contributed by atoms with E-state index in [2.05, 4.69) is 31.4 Å². The van der Waals surface area contributed by atoms with E-state index in [1.807, 2.05) is 20.8 Å². The van der Waals surface area contributed by atoms with Crippen molar-refractivity contribution in [2.75, 3.05) is 6.54 Å². The van der Waals surface area contributed by atoms with Gasteiger partial charge in [-0.15, -0.1) is 0 Å². The molecule has 4 nitrogen and oxygen atoms in total. The summed E-state index contributed by atoms with van der Waals surface area (Å²) in [6.45, 7) is 12.9. The van der Waals surface area contributed by atoms with Gasteiger partial charge in [0.05, 0.1) is 0 Å². The third-order valence-corrected chi connectivity index (χ3v) is 3.95. The predicted molar refractivity (Wildman–Crippen MR) is 78.3 cm³/mol. The van der Waals surface area contributed by atoms with Gasteiger partial charge < -0.3 is 15.4 Å². The van der Waals surface area contributed by atoms with Gasteiger partial charge in [-0.25, -0.2) is 4.79 Å². The Morgan fingerprint density at radius 1 is 1.37 bits per heavy atom. The summed E-state index contributed by atoms with van der Waals surface area (Å²) < 4.78 is 5.24. The Labute approximate surface area is 117 Å². The fraction of sp³-hybridized carbons (Fsp3) is 0.933. The summed E-state index contributed by atoms with van der Waals surface area (Å²) in [6, 6.07) is 0.804. The molecule has 0 bridgehead atoms. The summed E-state index contributed by atoms with van der Waals surface area (Å²) >= 11 is 0. The summed E-state index contributed by atoms with van der Waals surface area (Å²) in [4.78, 5) is 11.6. The molecule has 1 amide bonds. The highest BCUT2D eigenvalue weighted by Crippen LogP contribution is 2.48. The highest BCUT2D eigenvalue weighted by Gasteiger charge is 2.42. The van der Waals surface area contributed by atoms with Gasteiger partial charge in [0.1, 0.15) is 5.60 Å². The van der Waals surface area contributed by atoms with E-state index in [-0.39, 0.29) is 6.09 Å². The molecule has 0 saturated heterocycles. The summed E-state index contributed by atoms with van der Waals surface area (Å²) in [6.07, 6.45) is 3.27. The Hall–Kier alpha value is -0.770. The molecule has 0 aromatic carbocycles. The van der Waals surface area contributed by atoms with Crippen LogP contribution in [0.3, 0.4) is 0 Å². The molecule has 1 aliphatic rings.